The van der Waals surface area contributed by atoms with E-state index in [9.17, 15) is 14.7 Å². The zero-order chi connectivity index (χ0) is 17.2. The Hall–Kier alpha value is -2.34. The number of nitrogens with one attached hydrogen (secondary N) is 1. The minimum absolute atomic E-state index is 0.0888. The molecule has 1 aromatic carbocycles. The maximum absolute atomic E-state index is 12.9. The molecule has 6 nitrogen and oxygen atoms in total. The molecule has 2 aromatic rings. The van der Waals surface area contributed by atoms with Crippen molar-refractivity contribution in [3.8, 4) is 0 Å². The van der Waals surface area contributed by atoms with Gasteiger partial charge in [-0.1, -0.05) is 18.2 Å². The summed E-state index contributed by atoms with van der Waals surface area (Å²) in [5.41, 5.74) is 0.851. The van der Waals surface area contributed by atoms with E-state index in [1.807, 2.05) is 42.0 Å². The summed E-state index contributed by atoms with van der Waals surface area (Å²) in [4.78, 5) is 24.1. The Labute approximate surface area is 140 Å². The van der Waals surface area contributed by atoms with Crippen molar-refractivity contribution < 1.29 is 19.4 Å². The summed E-state index contributed by atoms with van der Waals surface area (Å²) < 4.78 is 7.36. The van der Waals surface area contributed by atoms with Crippen LogP contribution in [0.15, 0.2) is 30.5 Å². The van der Waals surface area contributed by atoms with Gasteiger partial charge in [-0.3, -0.25) is 9.59 Å². The van der Waals surface area contributed by atoms with Crippen molar-refractivity contribution in [2.24, 2.45) is 0 Å². The normalized spacial score (nSPS) is 16.9. The van der Waals surface area contributed by atoms with Crippen LogP contribution in [0.4, 0.5) is 0 Å². The number of hydrogen-bond acceptors (Lipinski definition) is 3. The number of amides is 1. The first-order valence-electron chi connectivity index (χ1n) is 8.24. The van der Waals surface area contributed by atoms with Gasteiger partial charge >= 0.3 is 5.97 Å². The zero-order valence-electron chi connectivity index (χ0n) is 13.7. The summed E-state index contributed by atoms with van der Waals surface area (Å²) in [6, 6.07) is 7.75. The molecule has 1 aromatic heterocycles. The topological polar surface area (TPSA) is 80.6 Å². The molecule has 128 valence electrons. The summed E-state index contributed by atoms with van der Waals surface area (Å²) in [7, 11) is 0. The Morgan fingerprint density at radius 2 is 2.00 bits per heavy atom. The molecule has 1 fully saturated rings. The van der Waals surface area contributed by atoms with Crippen LogP contribution in [-0.2, 0) is 16.1 Å². The lowest BCUT2D eigenvalue weighted by Crippen LogP contribution is -2.53. The highest BCUT2D eigenvalue weighted by Gasteiger charge is 2.37. The van der Waals surface area contributed by atoms with E-state index >= 15 is 0 Å². The van der Waals surface area contributed by atoms with Gasteiger partial charge in [0.2, 0.25) is 0 Å². The Morgan fingerprint density at radius 3 is 2.67 bits per heavy atom. The molecule has 2 N–H and O–H groups in total. The first kappa shape index (κ1) is 16.5. The number of rotatable bonds is 5. The van der Waals surface area contributed by atoms with E-state index in [1.54, 1.807) is 0 Å². The number of aromatic nitrogens is 1. The van der Waals surface area contributed by atoms with Crippen LogP contribution in [0.3, 0.4) is 0 Å². The summed E-state index contributed by atoms with van der Waals surface area (Å²) in [6.07, 6.45) is 2.78. The summed E-state index contributed by atoms with van der Waals surface area (Å²) in [5, 5.41) is 13.1. The van der Waals surface area contributed by atoms with Gasteiger partial charge < -0.3 is 19.7 Å². The van der Waals surface area contributed by atoms with E-state index < -0.39 is 11.5 Å². The van der Waals surface area contributed by atoms with Crippen LogP contribution in [0, 0.1) is 0 Å². The minimum Gasteiger partial charge on any atom is -0.481 e. The Bertz CT molecular complexity index is 759. The van der Waals surface area contributed by atoms with Gasteiger partial charge in [0.25, 0.3) is 5.91 Å². The van der Waals surface area contributed by atoms with Crippen molar-refractivity contribution in [2.45, 2.75) is 38.3 Å². The summed E-state index contributed by atoms with van der Waals surface area (Å²) >= 11 is 0. The van der Waals surface area contributed by atoms with Crippen molar-refractivity contribution >= 4 is 22.8 Å². The van der Waals surface area contributed by atoms with Crippen molar-refractivity contribution in [1.82, 2.24) is 9.88 Å². The van der Waals surface area contributed by atoms with Gasteiger partial charge in [-0.15, -0.1) is 0 Å². The Balaban J connectivity index is 1.92. The molecule has 0 saturated carbocycles. The van der Waals surface area contributed by atoms with Gasteiger partial charge in [0.05, 0.1) is 17.5 Å². The largest absolute Gasteiger partial charge is 0.481 e. The second-order valence-electron chi connectivity index (χ2n) is 6.26. The maximum atomic E-state index is 12.9. The van der Waals surface area contributed by atoms with Crippen molar-refractivity contribution in [1.29, 1.82) is 0 Å². The molecule has 1 aliphatic heterocycles. The first-order valence-corrected chi connectivity index (χ1v) is 8.24. The molecule has 0 spiro atoms. The Morgan fingerprint density at radius 1 is 1.29 bits per heavy atom. The molecule has 2 heterocycles. The van der Waals surface area contributed by atoms with Crippen molar-refractivity contribution in [3.05, 3.63) is 36.0 Å². The van der Waals surface area contributed by atoms with Gasteiger partial charge in [0.1, 0.15) is 0 Å². The van der Waals surface area contributed by atoms with Gasteiger partial charge in [-0.05, 0) is 25.8 Å². The molecule has 0 radical (unpaired) electrons. The predicted octanol–water partition coefficient (Wildman–Crippen LogP) is 2.41. The number of hydrogen-bond donors (Lipinski definition) is 2. The van der Waals surface area contributed by atoms with Crippen LogP contribution in [-0.4, -0.2) is 40.3 Å². The molecule has 3 rings (SSSR count). The number of carbonyl (C=O) groups excluding carboxylic acids is 1. The number of aliphatic carboxylic acids is 1. The molecular formula is C18H22N2O4. The van der Waals surface area contributed by atoms with Crippen LogP contribution in [0.5, 0.6) is 0 Å². The van der Waals surface area contributed by atoms with Crippen LogP contribution >= 0.6 is 0 Å². The lowest BCUT2D eigenvalue weighted by atomic mass is 9.86. The van der Waals surface area contributed by atoms with Crippen LogP contribution < -0.4 is 5.32 Å². The average Bonchev–Trinajstić information content (AvgIpc) is 2.94. The third-order valence-electron chi connectivity index (χ3n) is 4.69. The number of carboxylic acid groups (broad SMARTS) is 1. The molecular weight excluding hydrogens is 308 g/mol. The smallest absolute Gasteiger partial charge is 0.305 e. The summed E-state index contributed by atoms with van der Waals surface area (Å²) in [5.74, 6) is -1.13. The van der Waals surface area contributed by atoms with Gasteiger partial charge in [-0.25, -0.2) is 0 Å². The van der Waals surface area contributed by atoms with Gasteiger partial charge in [0, 0.05) is 36.9 Å². The van der Waals surface area contributed by atoms with Crippen LogP contribution in [0.25, 0.3) is 10.9 Å². The van der Waals surface area contributed by atoms with Gasteiger partial charge in [0.15, 0.2) is 0 Å². The van der Waals surface area contributed by atoms with E-state index in [0.717, 1.165) is 17.4 Å². The molecule has 1 aliphatic rings. The predicted molar refractivity (Wildman–Crippen MR) is 90.1 cm³/mol. The fourth-order valence-corrected chi connectivity index (χ4v) is 3.40. The maximum Gasteiger partial charge on any atom is 0.305 e. The highest BCUT2D eigenvalue weighted by molar-refractivity contribution is 6.07. The molecule has 1 saturated heterocycles. The second-order valence-corrected chi connectivity index (χ2v) is 6.26. The third kappa shape index (κ3) is 3.14. The average molecular weight is 330 g/mol. The second kappa shape index (κ2) is 6.65. The molecule has 6 heteroatoms. The number of carbonyl (C=O) groups is 2. The fourth-order valence-electron chi connectivity index (χ4n) is 3.40. The van der Waals surface area contributed by atoms with Crippen molar-refractivity contribution in [3.63, 3.8) is 0 Å². The number of para-hydroxylation sites is 1. The van der Waals surface area contributed by atoms with Crippen molar-refractivity contribution in [2.75, 3.05) is 13.2 Å². The number of benzene rings is 1. The van der Waals surface area contributed by atoms with Crippen LogP contribution in [0.1, 0.15) is 36.5 Å². The highest BCUT2D eigenvalue weighted by Crippen LogP contribution is 2.27. The quantitative estimate of drug-likeness (QED) is 0.882. The number of aryl methyl sites for hydroxylation is 1. The van der Waals surface area contributed by atoms with Crippen LogP contribution in [0.2, 0.25) is 0 Å². The SMILES string of the molecule is CCn1cc(C(=O)NC2(CC(=O)O)CCOCC2)c2ccccc21. The Kier molecular flexibility index (Phi) is 4.57. The molecule has 0 unspecified atom stereocenters. The first-order chi connectivity index (χ1) is 11.5. The molecule has 0 atom stereocenters. The number of fused-ring (bicyclic) bond motifs is 1. The van der Waals surface area contributed by atoms with Gasteiger partial charge in [-0.2, -0.15) is 0 Å². The number of carboxylic acids is 1. The lowest BCUT2D eigenvalue weighted by molar-refractivity contribution is -0.139. The monoisotopic (exact) mass is 330 g/mol. The van der Waals surface area contributed by atoms with E-state index in [-0.39, 0.29) is 12.3 Å². The summed E-state index contributed by atoms with van der Waals surface area (Å²) in [6.45, 7) is 3.72. The molecule has 0 aliphatic carbocycles. The van der Waals surface area contributed by atoms with E-state index in [2.05, 4.69) is 5.32 Å². The van der Waals surface area contributed by atoms with E-state index in [4.69, 9.17) is 4.74 Å². The molecule has 1 amide bonds. The standard InChI is InChI=1S/C18H22N2O4/c1-2-20-12-14(13-5-3-4-6-15(13)20)17(23)19-18(11-16(21)22)7-9-24-10-8-18/h3-6,12H,2,7-11H2,1H3,(H,19,23)(H,21,22). The molecule has 0 bridgehead atoms. The highest BCUT2D eigenvalue weighted by atomic mass is 16.5. The third-order valence-corrected chi connectivity index (χ3v) is 4.69. The number of ether oxygens (including phenoxy) is 1. The zero-order valence-corrected chi connectivity index (χ0v) is 13.7. The number of nitrogens with zero attached hydrogens (tertiary/aromatic N) is 1. The lowest BCUT2D eigenvalue weighted by Gasteiger charge is -2.36. The fraction of sp³-hybridized carbons (Fsp3) is 0.444. The van der Waals surface area contributed by atoms with E-state index in [1.165, 1.54) is 0 Å². The molecule has 24 heavy (non-hydrogen) atoms. The minimum atomic E-state index is -0.909. The van der Waals surface area contributed by atoms with E-state index in [0.29, 0.717) is 31.6 Å².